The summed E-state index contributed by atoms with van der Waals surface area (Å²) in [6.45, 7) is 1.46. The summed E-state index contributed by atoms with van der Waals surface area (Å²) in [5, 5.41) is 21.1. The van der Waals surface area contributed by atoms with Gasteiger partial charge in [-0.3, -0.25) is 5.10 Å². The van der Waals surface area contributed by atoms with Crippen LogP contribution in [-0.2, 0) is 13.0 Å². The second-order valence-electron chi connectivity index (χ2n) is 4.34. The van der Waals surface area contributed by atoms with Crippen molar-refractivity contribution in [2.75, 3.05) is 6.54 Å². The number of nitrogens with zero attached hydrogens (tertiary/aromatic N) is 4. The first kappa shape index (κ1) is 12.5. The van der Waals surface area contributed by atoms with Crippen molar-refractivity contribution in [1.29, 1.82) is 0 Å². The molecule has 0 spiro atoms. The molecule has 0 unspecified atom stereocenters. The highest BCUT2D eigenvalue weighted by Gasteiger charge is 2.09. The molecule has 0 aliphatic heterocycles. The van der Waals surface area contributed by atoms with Crippen molar-refractivity contribution >= 4 is 0 Å². The van der Waals surface area contributed by atoms with E-state index in [9.17, 15) is 0 Å². The van der Waals surface area contributed by atoms with E-state index in [-0.39, 0.29) is 0 Å². The Bertz CT molecular complexity index is 630. The van der Waals surface area contributed by atoms with Crippen LogP contribution in [0.15, 0.2) is 36.7 Å². The van der Waals surface area contributed by atoms with Crippen LogP contribution in [-0.4, -0.2) is 37.1 Å². The monoisotopic (exact) mass is 269 g/mol. The predicted octanol–water partition coefficient (Wildman–Crippen LogP) is 0.922. The van der Waals surface area contributed by atoms with Crippen LogP contribution in [0.5, 0.6) is 0 Å². The van der Waals surface area contributed by atoms with Crippen LogP contribution >= 0.6 is 0 Å². The first-order chi connectivity index (χ1) is 9.93. The molecule has 0 aliphatic carbocycles. The first-order valence-corrected chi connectivity index (χ1v) is 6.43. The Morgan fingerprint density at radius 1 is 1.10 bits per heavy atom. The van der Waals surface area contributed by atoms with Crippen LogP contribution in [0, 0.1) is 0 Å². The van der Waals surface area contributed by atoms with E-state index in [1.165, 1.54) is 6.33 Å². The van der Waals surface area contributed by atoms with Gasteiger partial charge in [0.25, 0.3) is 0 Å². The fourth-order valence-electron chi connectivity index (χ4n) is 1.97. The van der Waals surface area contributed by atoms with Gasteiger partial charge in [-0.15, -0.1) is 0 Å². The molecule has 0 atom stereocenters. The fraction of sp³-hybridized carbons (Fsp3) is 0.231. The molecule has 3 aromatic rings. The van der Waals surface area contributed by atoms with Gasteiger partial charge in [0.1, 0.15) is 23.5 Å². The second kappa shape index (κ2) is 6.07. The molecule has 0 saturated heterocycles. The van der Waals surface area contributed by atoms with E-state index in [0.29, 0.717) is 6.54 Å². The Morgan fingerprint density at radius 2 is 2.00 bits per heavy atom. The minimum atomic E-state index is 0.662. The van der Waals surface area contributed by atoms with Crippen molar-refractivity contribution in [3.8, 4) is 11.3 Å². The molecule has 0 radical (unpaired) electrons. The van der Waals surface area contributed by atoms with Crippen LogP contribution in [0.3, 0.4) is 0 Å². The maximum Gasteiger partial charge on any atom is 0.137 e. The van der Waals surface area contributed by atoms with E-state index in [1.807, 2.05) is 30.3 Å². The van der Waals surface area contributed by atoms with E-state index in [0.717, 1.165) is 35.7 Å². The Morgan fingerprint density at radius 3 is 2.80 bits per heavy atom. The third-order valence-corrected chi connectivity index (χ3v) is 2.96. The van der Waals surface area contributed by atoms with Crippen LogP contribution < -0.4 is 5.32 Å². The standard InChI is InChI=1S/C13H15N7/c1-2-4-10(5-3-1)13-11(17-20-19-13)8-14-7-6-12-15-9-16-18-12/h1-5,9,14H,6-8H2,(H,15,16,18)(H,17,19,20). The molecule has 1 aromatic carbocycles. The number of H-pyrrole nitrogens is 2. The third-order valence-electron chi connectivity index (χ3n) is 2.96. The molecule has 3 N–H and O–H groups in total. The van der Waals surface area contributed by atoms with Crippen LogP contribution in [0.4, 0.5) is 0 Å². The van der Waals surface area contributed by atoms with Gasteiger partial charge in [0.2, 0.25) is 0 Å². The summed E-state index contributed by atoms with van der Waals surface area (Å²) in [5.74, 6) is 0.876. The molecule has 7 heteroatoms. The predicted molar refractivity (Wildman–Crippen MR) is 73.6 cm³/mol. The fourth-order valence-corrected chi connectivity index (χ4v) is 1.97. The van der Waals surface area contributed by atoms with E-state index in [1.54, 1.807) is 0 Å². The lowest BCUT2D eigenvalue weighted by atomic mass is 10.1. The van der Waals surface area contributed by atoms with Gasteiger partial charge in [0, 0.05) is 25.1 Å². The molecule has 0 saturated carbocycles. The van der Waals surface area contributed by atoms with Crippen LogP contribution in [0.25, 0.3) is 11.3 Å². The number of aromatic nitrogens is 6. The van der Waals surface area contributed by atoms with Gasteiger partial charge in [-0.25, -0.2) is 4.98 Å². The van der Waals surface area contributed by atoms with Gasteiger partial charge in [0.15, 0.2) is 0 Å². The molecular weight excluding hydrogens is 254 g/mol. The summed E-state index contributed by atoms with van der Waals surface area (Å²) in [4.78, 5) is 4.08. The van der Waals surface area contributed by atoms with E-state index < -0.39 is 0 Å². The maximum atomic E-state index is 4.21. The molecule has 3 rings (SSSR count). The molecule has 0 fully saturated rings. The molecule has 2 heterocycles. The maximum absolute atomic E-state index is 4.21. The van der Waals surface area contributed by atoms with Crippen molar-refractivity contribution in [1.82, 2.24) is 35.9 Å². The average molecular weight is 269 g/mol. The summed E-state index contributed by atoms with van der Waals surface area (Å²) < 4.78 is 0. The van der Waals surface area contributed by atoms with Gasteiger partial charge in [-0.2, -0.15) is 20.5 Å². The molecular formula is C13H15N7. The van der Waals surface area contributed by atoms with E-state index in [2.05, 4.69) is 35.9 Å². The van der Waals surface area contributed by atoms with E-state index in [4.69, 9.17) is 0 Å². The minimum absolute atomic E-state index is 0.662. The Balaban J connectivity index is 1.57. The number of aromatic amines is 2. The van der Waals surface area contributed by atoms with Crippen LogP contribution in [0.2, 0.25) is 0 Å². The SMILES string of the molecule is c1ccc(-c2n[nH]nc2CNCCc2ncn[nH]2)cc1. The summed E-state index contributed by atoms with van der Waals surface area (Å²) in [6.07, 6.45) is 2.32. The summed E-state index contributed by atoms with van der Waals surface area (Å²) in [7, 11) is 0. The lowest BCUT2D eigenvalue weighted by molar-refractivity contribution is 0.660. The highest BCUT2D eigenvalue weighted by Crippen LogP contribution is 2.18. The van der Waals surface area contributed by atoms with Crippen molar-refractivity contribution in [3.05, 3.63) is 48.2 Å². The molecule has 0 bridgehead atoms. The van der Waals surface area contributed by atoms with Crippen molar-refractivity contribution < 1.29 is 0 Å². The Labute approximate surface area is 115 Å². The van der Waals surface area contributed by atoms with Gasteiger partial charge < -0.3 is 5.32 Å². The van der Waals surface area contributed by atoms with Crippen molar-refractivity contribution in [3.63, 3.8) is 0 Å². The highest BCUT2D eigenvalue weighted by molar-refractivity contribution is 5.60. The molecule has 7 nitrogen and oxygen atoms in total. The number of hydrogen-bond donors (Lipinski definition) is 3. The average Bonchev–Trinajstić information content (AvgIpc) is 3.16. The van der Waals surface area contributed by atoms with Crippen molar-refractivity contribution in [2.45, 2.75) is 13.0 Å². The highest BCUT2D eigenvalue weighted by atomic mass is 15.3. The molecule has 0 aliphatic rings. The largest absolute Gasteiger partial charge is 0.311 e. The zero-order valence-corrected chi connectivity index (χ0v) is 10.9. The quantitative estimate of drug-likeness (QED) is 0.578. The lowest BCUT2D eigenvalue weighted by Gasteiger charge is -2.03. The zero-order valence-electron chi connectivity index (χ0n) is 10.9. The zero-order chi connectivity index (χ0) is 13.6. The van der Waals surface area contributed by atoms with Gasteiger partial charge >= 0.3 is 0 Å². The summed E-state index contributed by atoms with van der Waals surface area (Å²) >= 11 is 0. The molecule has 0 amide bonds. The smallest absolute Gasteiger partial charge is 0.137 e. The second-order valence-corrected chi connectivity index (χ2v) is 4.34. The molecule has 2 aromatic heterocycles. The minimum Gasteiger partial charge on any atom is -0.311 e. The summed E-state index contributed by atoms with van der Waals surface area (Å²) in [5.41, 5.74) is 2.86. The Kier molecular flexibility index (Phi) is 3.79. The molecule has 102 valence electrons. The third kappa shape index (κ3) is 2.89. The lowest BCUT2D eigenvalue weighted by Crippen LogP contribution is -2.18. The number of hydrogen-bond acceptors (Lipinski definition) is 5. The first-order valence-electron chi connectivity index (χ1n) is 6.43. The number of benzene rings is 1. The topological polar surface area (TPSA) is 95.2 Å². The van der Waals surface area contributed by atoms with Crippen LogP contribution in [0.1, 0.15) is 11.5 Å². The van der Waals surface area contributed by atoms with Crippen molar-refractivity contribution in [2.24, 2.45) is 0 Å². The number of rotatable bonds is 6. The Hall–Kier alpha value is -2.54. The normalized spacial score (nSPS) is 10.8. The van der Waals surface area contributed by atoms with E-state index >= 15 is 0 Å². The number of nitrogens with one attached hydrogen (secondary N) is 3. The van der Waals surface area contributed by atoms with Gasteiger partial charge in [-0.1, -0.05) is 30.3 Å². The summed E-state index contributed by atoms with van der Waals surface area (Å²) in [6, 6.07) is 10.0. The van der Waals surface area contributed by atoms with Gasteiger partial charge in [-0.05, 0) is 0 Å². The van der Waals surface area contributed by atoms with Gasteiger partial charge in [0.05, 0.1) is 0 Å². The molecule has 20 heavy (non-hydrogen) atoms.